The Balaban J connectivity index is 1.48. The SMILES string of the molecule is Cc1cc(C)cc(NC(=O)CSc2nnc(CN3CCOCC3)n2-c2ccccc2)c1. The fraction of sp³-hybridized carbons (Fsp3) is 0.348. The van der Waals surface area contributed by atoms with Crippen LogP contribution in [0.5, 0.6) is 0 Å². The summed E-state index contributed by atoms with van der Waals surface area (Å²) < 4.78 is 7.50. The molecule has 1 aliphatic heterocycles. The van der Waals surface area contributed by atoms with Crippen LogP contribution in [0.1, 0.15) is 17.0 Å². The highest BCUT2D eigenvalue weighted by atomic mass is 32.2. The summed E-state index contributed by atoms with van der Waals surface area (Å²) in [6.45, 7) is 7.97. The summed E-state index contributed by atoms with van der Waals surface area (Å²) in [4.78, 5) is 14.9. The Morgan fingerprint density at radius 1 is 1.06 bits per heavy atom. The molecule has 0 bridgehead atoms. The monoisotopic (exact) mass is 437 g/mol. The van der Waals surface area contributed by atoms with Crippen molar-refractivity contribution in [2.45, 2.75) is 25.5 Å². The molecule has 0 radical (unpaired) electrons. The topological polar surface area (TPSA) is 72.3 Å². The number of para-hydroxylation sites is 1. The summed E-state index contributed by atoms with van der Waals surface area (Å²) in [5.41, 5.74) is 4.06. The minimum Gasteiger partial charge on any atom is -0.379 e. The maximum Gasteiger partial charge on any atom is 0.234 e. The molecular weight excluding hydrogens is 410 g/mol. The lowest BCUT2D eigenvalue weighted by atomic mass is 10.1. The van der Waals surface area contributed by atoms with Crippen LogP contribution in [0.2, 0.25) is 0 Å². The molecule has 0 unspecified atom stereocenters. The molecule has 7 nitrogen and oxygen atoms in total. The number of carbonyl (C=O) groups excluding carboxylic acids is 1. The molecule has 8 heteroatoms. The molecule has 0 atom stereocenters. The van der Waals surface area contributed by atoms with Crippen LogP contribution in [-0.2, 0) is 16.1 Å². The number of nitrogens with one attached hydrogen (secondary N) is 1. The first-order chi connectivity index (χ1) is 15.1. The molecule has 2 heterocycles. The van der Waals surface area contributed by atoms with Crippen LogP contribution in [0.25, 0.3) is 5.69 Å². The van der Waals surface area contributed by atoms with E-state index in [1.165, 1.54) is 11.8 Å². The van der Waals surface area contributed by atoms with E-state index in [1.54, 1.807) is 0 Å². The van der Waals surface area contributed by atoms with Crippen LogP contribution in [0.3, 0.4) is 0 Å². The summed E-state index contributed by atoms with van der Waals surface area (Å²) in [6, 6.07) is 16.1. The molecule has 2 aromatic carbocycles. The van der Waals surface area contributed by atoms with Crippen molar-refractivity contribution < 1.29 is 9.53 Å². The summed E-state index contributed by atoms with van der Waals surface area (Å²) in [6.07, 6.45) is 0. The molecule has 0 spiro atoms. The van der Waals surface area contributed by atoms with Crippen LogP contribution >= 0.6 is 11.8 Å². The minimum atomic E-state index is -0.0626. The second-order valence-electron chi connectivity index (χ2n) is 7.67. The first kappa shape index (κ1) is 21.5. The third-order valence-electron chi connectivity index (χ3n) is 5.02. The molecule has 4 rings (SSSR count). The second kappa shape index (κ2) is 10.1. The molecule has 1 amide bonds. The quantitative estimate of drug-likeness (QED) is 0.571. The number of thioether (sulfide) groups is 1. The summed E-state index contributed by atoms with van der Waals surface area (Å²) >= 11 is 1.39. The largest absolute Gasteiger partial charge is 0.379 e. The number of aryl methyl sites for hydroxylation is 2. The van der Waals surface area contributed by atoms with Gasteiger partial charge >= 0.3 is 0 Å². The molecule has 31 heavy (non-hydrogen) atoms. The van der Waals surface area contributed by atoms with Crippen LogP contribution in [0, 0.1) is 13.8 Å². The lowest BCUT2D eigenvalue weighted by Gasteiger charge is -2.26. The molecule has 0 saturated carbocycles. The zero-order chi connectivity index (χ0) is 21.6. The predicted octanol–water partition coefficient (Wildman–Crippen LogP) is 3.45. The van der Waals surface area contributed by atoms with Gasteiger partial charge in [0.2, 0.25) is 5.91 Å². The molecule has 1 aromatic heterocycles. The third kappa shape index (κ3) is 5.72. The zero-order valence-corrected chi connectivity index (χ0v) is 18.7. The number of hydrogen-bond acceptors (Lipinski definition) is 6. The number of nitrogens with zero attached hydrogens (tertiary/aromatic N) is 4. The van der Waals surface area contributed by atoms with E-state index in [2.05, 4.69) is 26.5 Å². The number of morpholine rings is 1. The molecule has 162 valence electrons. The van der Waals surface area contributed by atoms with Gasteiger partial charge in [-0.25, -0.2) is 0 Å². The van der Waals surface area contributed by atoms with Gasteiger partial charge in [0, 0.05) is 24.5 Å². The van der Waals surface area contributed by atoms with Crippen molar-refractivity contribution in [3.8, 4) is 5.69 Å². The van der Waals surface area contributed by atoms with Crippen molar-refractivity contribution in [1.82, 2.24) is 19.7 Å². The lowest BCUT2D eigenvalue weighted by Crippen LogP contribution is -2.36. The smallest absolute Gasteiger partial charge is 0.234 e. The molecule has 3 aromatic rings. The summed E-state index contributed by atoms with van der Waals surface area (Å²) in [7, 11) is 0. The van der Waals surface area contributed by atoms with Gasteiger partial charge in [-0.3, -0.25) is 14.3 Å². The maximum absolute atomic E-state index is 12.6. The molecule has 1 fully saturated rings. The summed E-state index contributed by atoms with van der Waals surface area (Å²) in [5, 5.41) is 12.6. The standard InChI is InChI=1S/C23H27N5O2S/c1-17-12-18(2)14-19(13-17)24-22(29)16-31-23-26-25-21(15-27-8-10-30-11-9-27)28(23)20-6-4-3-5-7-20/h3-7,12-14H,8-11,15-16H2,1-2H3,(H,24,29). The van der Waals surface area contributed by atoms with Gasteiger partial charge in [0.1, 0.15) is 0 Å². The Morgan fingerprint density at radius 2 is 1.77 bits per heavy atom. The first-order valence-corrected chi connectivity index (χ1v) is 11.4. The minimum absolute atomic E-state index is 0.0626. The van der Waals surface area contributed by atoms with Crippen molar-refractivity contribution in [3.05, 3.63) is 65.5 Å². The molecule has 0 aliphatic carbocycles. The van der Waals surface area contributed by atoms with E-state index in [4.69, 9.17) is 4.74 Å². The van der Waals surface area contributed by atoms with Gasteiger partial charge in [0.15, 0.2) is 11.0 Å². The van der Waals surface area contributed by atoms with Gasteiger partial charge in [-0.05, 0) is 49.2 Å². The van der Waals surface area contributed by atoms with E-state index in [0.717, 1.165) is 54.6 Å². The zero-order valence-electron chi connectivity index (χ0n) is 17.9. The van der Waals surface area contributed by atoms with Gasteiger partial charge in [-0.1, -0.05) is 36.0 Å². The fourth-order valence-corrected chi connectivity index (χ4v) is 4.44. The van der Waals surface area contributed by atoms with Crippen molar-refractivity contribution in [2.24, 2.45) is 0 Å². The molecule has 1 aliphatic rings. The Bertz CT molecular complexity index is 1010. The van der Waals surface area contributed by atoms with E-state index in [0.29, 0.717) is 11.7 Å². The lowest BCUT2D eigenvalue weighted by molar-refractivity contribution is -0.113. The molecular formula is C23H27N5O2S. The van der Waals surface area contributed by atoms with Gasteiger partial charge in [0.05, 0.1) is 25.5 Å². The highest BCUT2D eigenvalue weighted by molar-refractivity contribution is 7.99. The Hall–Kier alpha value is -2.68. The number of benzene rings is 2. The fourth-order valence-electron chi connectivity index (χ4n) is 3.67. The van der Waals surface area contributed by atoms with E-state index < -0.39 is 0 Å². The van der Waals surface area contributed by atoms with Crippen LogP contribution in [0.4, 0.5) is 5.69 Å². The highest BCUT2D eigenvalue weighted by Gasteiger charge is 2.19. The van der Waals surface area contributed by atoms with Gasteiger partial charge < -0.3 is 10.1 Å². The Kier molecular flexibility index (Phi) is 7.01. The maximum atomic E-state index is 12.6. The number of amides is 1. The number of aromatic nitrogens is 3. The summed E-state index contributed by atoms with van der Waals surface area (Å²) in [5.74, 6) is 1.06. The average molecular weight is 438 g/mol. The average Bonchev–Trinajstić information content (AvgIpc) is 3.15. The Morgan fingerprint density at radius 3 is 2.48 bits per heavy atom. The van der Waals surface area contributed by atoms with E-state index in [-0.39, 0.29) is 11.7 Å². The number of carbonyl (C=O) groups is 1. The van der Waals surface area contributed by atoms with Gasteiger partial charge in [-0.2, -0.15) is 0 Å². The number of ether oxygens (including phenoxy) is 1. The van der Waals surface area contributed by atoms with Crippen molar-refractivity contribution in [3.63, 3.8) is 0 Å². The van der Waals surface area contributed by atoms with E-state index in [9.17, 15) is 4.79 Å². The van der Waals surface area contributed by atoms with Crippen molar-refractivity contribution >= 4 is 23.4 Å². The third-order valence-corrected chi connectivity index (χ3v) is 5.95. The van der Waals surface area contributed by atoms with Crippen molar-refractivity contribution in [1.29, 1.82) is 0 Å². The highest BCUT2D eigenvalue weighted by Crippen LogP contribution is 2.23. The normalized spacial score (nSPS) is 14.5. The van der Waals surface area contributed by atoms with Gasteiger partial charge in [0.25, 0.3) is 0 Å². The second-order valence-corrected chi connectivity index (χ2v) is 8.61. The number of hydrogen-bond donors (Lipinski definition) is 1. The van der Waals surface area contributed by atoms with Crippen molar-refractivity contribution in [2.75, 3.05) is 37.4 Å². The van der Waals surface area contributed by atoms with E-state index >= 15 is 0 Å². The van der Waals surface area contributed by atoms with E-state index in [1.807, 2.05) is 60.9 Å². The molecule has 1 saturated heterocycles. The predicted molar refractivity (Wildman–Crippen MR) is 123 cm³/mol. The number of anilines is 1. The first-order valence-electron chi connectivity index (χ1n) is 10.4. The van der Waals surface area contributed by atoms with Crippen LogP contribution < -0.4 is 5.32 Å². The molecule has 1 N–H and O–H groups in total. The van der Waals surface area contributed by atoms with Crippen LogP contribution in [-0.4, -0.2) is 57.6 Å². The Labute approximate surface area is 186 Å². The number of rotatable bonds is 7. The van der Waals surface area contributed by atoms with Gasteiger partial charge in [-0.15, -0.1) is 10.2 Å². The van der Waals surface area contributed by atoms with Crippen LogP contribution in [0.15, 0.2) is 53.7 Å².